The number of halogens is 2. The van der Waals surface area contributed by atoms with Crippen molar-refractivity contribution in [1.82, 2.24) is 20.0 Å². The lowest BCUT2D eigenvalue weighted by Gasteiger charge is -2.29. The van der Waals surface area contributed by atoms with Gasteiger partial charge in [0.15, 0.2) is 11.4 Å². The largest absolute Gasteiger partial charge is 0.485 e. The van der Waals surface area contributed by atoms with Gasteiger partial charge >= 0.3 is 6.09 Å². The molecule has 3 N–H and O–H groups in total. The first kappa shape index (κ1) is 25.4. The molecule has 1 unspecified atom stereocenters. The van der Waals surface area contributed by atoms with Crippen molar-refractivity contribution < 1.29 is 28.2 Å². The average molecular weight is 501 g/mol. The van der Waals surface area contributed by atoms with Crippen LogP contribution in [0.3, 0.4) is 0 Å². The van der Waals surface area contributed by atoms with Gasteiger partial charge in [0.05, 0.1) is 16.8 Å². The van der Waals surface area contributed by atoms with Gasteiger partial charge in [-0.1, -0.05) is 19.4 Å². The number of carbonyl (C=O) groups excluding carboxylic acids is 1. The summed E-state index contributed by atoms with van der Waals surface area (Å²) in [4.78, 5) is 29.4. The predicted molar refractivity (Wildman–Crippen MR) is 129 cm³/mol. The number of hydrogen-bond acceptors (Lipinski definition) is 4. The summed E-state index contributed by atoms with van der Waals surface area (Å²) in [6, 6.07) is 5.34. The van der Waals surface area contributed by atoms with Crippen LogP contribution in [0.2, 0.25) is 0 Å². The number of carbonyl (C=O) groups is 2. The Balaban J connectivity index is 1.66. The highest BCUT2D eigenvalue weighted by Gasteiger charge is 2.34. The topological polar surface area (TPSA) is 105 Å². The Hall–Kier alpha value is -3.69. The van der Waals surface area contributed by atoms with Gasteiger partial charge < -0.3 is 20.5 Å². The summed E-state index contributed by atoms with van der Waals surface area (Å²) in [5, 5.41) is 14.6. The number of fused-ring (bicyclic) bond motifs is 1. The van der Waals surface area contributed by atoms with Crippen LogP contribution in [0.15, 0.2) is 30.5 Å². The lowest BCUT2D eigenvalue weighted by atomic mass is 9.96. The Labute approximate surface area is 207 Å². The molecule has 10 heteroatoms. The normalized spacial score (nSPS) is 14.9. The maximum atomic E-state index is 14.1. The fourth-order valence-electron chi connectivity index (χ4n) is 4.42. The highest BCUT2D eigenvalue weighted by Crippen LogP contribution is 2.42. The molecule has 0 spiro atoms. The molecule has 0 saturated heterocycles. The molecule has 1 saturated carbocycles. The number of aromatic nitrogens is 2. The minimum absolute atomic E-state index is 0.102. The van der Waals surface area contributed by atoms with Crippen molar-refractivity contribution in [3.8, 4) is 5.75 Å². The zero-order valence-corrected chi connectivity index (χ0v) is 20.5. The van der Waals surface area contributed by atoms with E-state index in [0.717, 1.165) is 24.8 Å². The van der Waals surface area contributed by atoms with Crippen molar-refractivity contribution >= 4 is 17.6 Å². The first-order chi connectivity index (χ1) is 17.1. The number of pyridine rings is 1. The smallest absolute Gasteiger partial charge is 0.405 e. The van der Waals surface area contributed by atoms with Crippen LogP contribution in [-0.2, 0) is 6.61 Å². The molecule has 192 valence electrons. The third kappa shape index (κ3) is 5.42. The first-order valence-electron chi connectivity index (χ1n) is 12.0. The molecule has 0 bridgehead atoms. The zero-order valence-electron chi connectivity index (χ0n) is 20.5. The summed E-state index contributed by atoms with van der Waals surface area (Å²) in [6.07, 6.45) is 3.68. The van der Waals surface area contributed by atoms with Crippen LogP contribution in [0.5, 0.6) is 5.75 Å². The SMILES string of the molecule is CCCC(C)(CNC(=O)c1c(C2CC2)nc2c(OCc3c(F)cccc3F)cc(C)cn12)NC(=O)O. The van der Waals surface area contributed by atoms with Crippen LogP contribution in [0.4, 0.5) is 13.6 Å². The molecule has 4 rings (SSSR count). The molecule has 1 aliphatic carbocycles. The van der Waals surface area contributed by atoms with Crippen molar-refractivity contribution in [2.24, 2.45) is 0 Å². The Morgan fingerprint density at radius 3 is 2.58 bits per heavy atom. The van der Waals surface area contributed by atoms with E-state index in [2.05, 4.69) is 10.6 Å². The minimum Gasteiger partial charge on any atom is -0.485 e. The Morgan fingerprint density at radius 2 is 1.97 bits per heavy atom. The molecule has 2 heterocycles. The highest BCUT2D eigenvalue weighted by molar-refractivity contribution is 5.95. The maximum Gasteiger partial charge on any atom is 0.405 e. The summed E-state index contributed by atoms with van der Waals surface area (Å²) >= 11 is 0. The number of nitrogens with zero attached hydrogens (tertiary/aromatic N) is 2. The van der Waals surface area contributed by atoms with E-state index in [4.69, 9.17) is 9.72 Å². The number of rotatable bonds is 10. The van der Waals surface area contributed by atoms with Gasteiger partial charge in [0.2, 0.25) is 0 Å². The monoisotopic (exact) mass is 500 g/mol. The first-order valence-corrected chi connectivity index (χ1v) is 12.0. The van der Waals surface area contributed by atoms with Gasteiger partial charge in [0, 0.05) is 18.7 Å². The molecule has 36 heavy (non-hydrogen) atoms. The van der Waals surface area contributed by atoms with Gasteiger partial charge in [-0.3, -0.25) is 9.20 Å². The second-order valence-electron chi connectivity index (χ2n) is 9.61. The van der Waals surface area contributed by atoms with Crippen LogP contribution in [0.25, 0.3) is 5.65 Å². The van der Waals surface area contributed by atoms with Gasteiger partial charge in [-0.25, -0.2) is 18.6 Å². The van der Waals surface area contributed by atoms with E-state index in [9.17, 15) is 23.5 Å². The molecular formula is C26H30F2N4O4. The standard InChI is InChI=1S/C26H30F2N4O4/c1-4-10-26(3,31-25(34)35)14-29-24(33)22-21(16-8-9-16)30-23-20(11-15(2)12-32(22)23)36-13-17-18(27)6-5-7-19(17)28/h5-7,11-12,16,31H,4,8-10,13-14H2,1-3H3,(H,29,33)(H,34,35). The van der Waals surface area contributed by atoms with E-state index in [1.54, 1.807) is 23.6 Å². The van der Waals surface area contributed by atoms with E-state index in [1.165, 1.54) is 18.2 Å². The lowest BCUT2D eigenvalue weighted by molar-refractivity contribution is 0.0929. The van der Waals surface area contributed by atoms with Crippen molar-refractivity contribution in [3.63, 3.8) is 0 Å². The zero-order chi connectivity index (χ0) is 26.0. The van der Waals surface area contributed by atoms with Crippen LogP contribution in [-0.4, -0.2) is 38.6 Å². The molecule has 1 fully saturated rings. The Kier molecular flexibility index (Phi) is 7.14. The second kappa shape index (κ2) is 10.1. The van der Waals surface area contributed by atoms with E-state index in [-0.39, 0.29) is 30.5 Å². The molecule has 1 aliphatic rings. The molecule has 1 aromatic carbocycles. The van der Waals surface area contributed by atoms with Crippen molar-refractivity contribution in [1.29, 1.82) is 0 Å². The summed E-state index contributed by atoms with van der Waals surface area (Å²) in [5.41, 5.74) is 1.11. The molecule has 1 atom stereocenters. The molecule has 2 amide bonds. The third-order valence-corrected chi connectivity index (χ3v) is 6.31. The summed E-state index contributed by atoms with van der Waals surface area (Å²) in [7, 11) is 0. The number of hydrogen-bond donors (Lipinski definition) is 3. The van der Waals surface area contributed by atoms with E-state index < -0.39 is 23.3 Å². The molecular weight excluding hydrogens is 470 g/mol. The van der Waals surface area contributed by atoms with Crippen LogP contribution < -0.4 is 15.4 Å². The van der Waals surface area contributed by atoms with E-state index in [1.807, 2.05) is 13.8 Å². The van der Waals surface area contributed by atoms with Crippen molar-refractivity contribution in [2.75, 3.05) is 6.54 Å². The number of nitrogens with one attached hydrogen (secondary N) is 2. The number of benzene rings is 1. The molecule has 0 aliphatic heterocycles. The molecule has 3 aromatic rings. The van der Waals surface area contributed by atoms with E-state index >= 15 is 0 Å². The predicted octanol–water partition coefficient (Wildman–Crippen LogP) is 4.93. The molecule has 0 radical (unpaired) electrons. The summed E-state index contributed by atoms with van der Waals surface area (Å²) in [6.45, 7) is 5.28. The van der Waals surface area contributed by atoms with Gasteiger partial charge in [-0.2, -0.15) is 0 Å². The highest BCUT2D eigenvalue weighted by atomic mass is 19.1. The lowest BCUT2D eigenvalue weighted by Crippen LogP contribution is -2.53. The summed E-state index contributed by atoms with van der Waals surface area (Å²) < 4.78 is 35.7. The van der Waals surface area contributed by atoms with Crippen LogP contribution in [0.1, 0.15) is 72.8 Å². The fraction of sp³-hybridized carbons (Fsp3) is 0.423. The number of amides is 2. The minimum atomic E-state index is -1.16. The van der Waals surface area contributed by atoms with Crippen LogP contribution in [0, 0.1) is 18.6 Å². The van der Waals surface area contributed by atoms with Crippen molar-refractivity contribution in [2.45, 2.75) is 64.5 Å². The van der Waals surface area contributed by atoms with Gasteiger partial charge in [-0.05, 0) is 56.9 Å². The number of aryl methyl sites for hydroxylation is 1. The number of carboxylic acid groups (broad SMARTS) is 1. The quantitative estimate of drug-likeness (QED) is 0.366. The molecule has 8 nitrogen and oxygen atoms in total. The number of imidazole rings is 1. The average Bonchev–Trinajstić information content (AvgIpc) is 3.57. The van der Waals surface area contributed by atoms with Gasteiger partial charge in [0.1, 0.15) is 23.9 Å². The second-order valence-corrected chi connectivity index (χ2v) is 9.61. The Bertz CT molecular complexity index is 1280. The summed E-state index contributed by atoms with van der Waals surface area (Å²) in [5.74, 6) is -1.35. The fourth-order valence-corrected chi connectivity index (χ4v) is 4.42. The van der Waals surface area contributed by atoms with Gasteiger partial charge in [0.25, 0.3) is 5.91 Å². The number of ether oxygens (including phenoxy) is 1. The molecule has 2 aromatic heterocycles. The van der Waals surface area contributed by atoms with E-state index in [0.29, 0.717) is 29.2 Å². The Morgan fingerprint density at radius 1 is 1.28 bits per heavy atom. The van der Waals surface area contributed by atoms with Crippen molar-refractivity contribution in [3.05, 3.63) is 64.6 Å². The maximum absolute atomic E-state index is 14.1. The third-order valence-electron chi connectivity index (χ3n) is 6.31. The van der Waals surface area contributed by atoms with Gasteiger partial charge in [-0.15, -0.1) is 0 Å². The van der Waals surface area contributed by atoms with Crippen LogP contribution >= 0.6 is 0 Å².